The van der Waals surface area contributed by atoms with Gasteiger partial charge in [-0.1, -0.05) is 18.2 Å². The van der Waals surface area contributed by atoms with Crippen LogP contribution in [0.1, 0.15) is 29.6 Å². The van der Waals surface area contributed by atoms with Crippen molar-refractivity contribution in [2.24, 2.45) is 0 Å². The minimum Gasteiger partial charge on any atom is -0.497 e. The quantitative estimate of drug-likeness (QED) is 0.717. The minimum atomic E-state index is -0.382. The monoisotopic (exact) mass is 353 g/mol. The number of benzene rings is 2. The second kappa shape index (κ2) is 8.52. The van der Waals surface area contributed by atoms with Gasteiger partial charge in [0.05, 0.1) is 26.2 Å². The Morgan fingerprint density at radius 1 is 1.04 bits per heavy atom. The van der Waals surface area contributed by atoms with Gasteiger partial charge in [-0.3, -0.25) is 9.59 Å². The molecule has 1 unspecified atom stereocenters. The van der Waals surface area contributed by atoms with Crippen LogP contribution in [0.25, 0.3) is 0 Å². The molecule has 3 rings (SSSR count). The molecule has 0 aliphatic carbocycles. The topological polar surface area (TPSA) is 55.8 Å². The molecular formula is C21H23NO4. The molecule has 136 valence electrons. The zero-order valence-corrected chi connectivity index (χ0v) is 14.9. The zero-order valence-electron chi connectivity index (χ0n) is 14.9. The van der Waals surface area contributed by atoms with Crippen molar-refractivity contribution in [1.82, 2.24) is 4.90 Å². The van der Waals surface area contributed by atoms with E-state index in [1.165, 1.54) is 0 Å². The molecule has 0 spiro atoms. The van der Waals surface area contributed by atoms with E-state index in [1.54, 1.807) is 36.3 Å². The SMILES string of the molecule is COc1ccc(C(=O)C2CCCN2C(=O)CCOc2ccccc2)cc1. The van der Waals surface area contributed by atoms with E-state index >= 15 is 0 Å². The largest absolute Gasteiger partial charge is 0.497 e. The van der Waals surface area contributed by atoms with Crippen molar-refractivity contribution < 1.29 is 19.1 Å². The molecule has 1 aliphatic rings. The highest BCUT2D eigenvalue weighted by atomic mass is 16.5. The second-order valence-electron chi connectivity index (χ2n) is 6.25. The zero-order chi connectivity index (χ0) is 18.4. The van der Waals surface area contributed by atoms with Crippen LogP contribution in [0.2, 0.25) is 0 Å². The van der Waals surface area contributed by atoms with Crippen molar-refractivity contribution in [3.05, 3.63) is 60.2 Å². The summed E-state index contributed by atoms with van der Waals surface area (Å²) in [6, 6.07) is 16.1. The lowest BCUT2D eigenvalue weighted by Gasteiger charge is -2.24. The highest BCUT2D eigenvalue weighted by Crippen LogP contribution is 2.23. The first-order valence-corrected chi connectivity index (χ1v) is 8.84. The Morgan fingerprint density at radius 2 is 1.77 bits per heavy atom. The van der Waals surface area contributed by atoms with Gasteiger partial charge in [-0.05, 0) is 49.2 Å². The lowest BCUT2D eigenvalue weighted by atomic mass is 10.0. The molecule has 1 atom stereocenters. The fraction of sp³-hybridized carbons (Fsp3) is 0.333. The molecular weight excluding hydrogens is 330 g/mol. The maximum Gasteiger partial charge on any atom is 0.226 e. The molecule has 1 fully saturated rings. The number of nitrogens with zero attached hydrogens (tertiary/aromatic N) is 1. The van der Waals surface area contributed by atoms with Crippen LogP contribution in [0.4, 0.5) is 0 Å². The number of carbonyl (C=O) groups is 2. The number of amides is 1. The third-order valence-corrected chi connectivity index (χ3v) is 4.58. The number of carbonyl (C=O) groups excluding carboxylic acids is 2. The number of ketones is 1. The Bertz CT molecular complexity index is 742. The Hall–Kier alpha value is -2.82. The highest BCUT2D eigenvalue weighted by Gasteiger charge is 2.34. The van der Waals surface area contributed by atoms with E-state index in [4.69, 9.17) is 9.47 Å². The number of hydrogen-bond acceptors (Lipinski definition) is 4. The molecule has 5 heteroatoms. The van der Waals surface area contributed by atoms with Crippen molar-refractivity contribution in [3.63, 3.8) is 0 Å². The molecule has 26 heavy (non-hydrogen) atoms. The summed E-state index contributed by atoms with van der Waals surface area (Å²) in [4.78, 5) is 27.0. The van der Waals surface area contributed by atoms with Gasteiger partial charge >= 0.3 is 0 Å². The standard InChI is InChI=1S/C21H23NO4/c1-25-17-11-9-16(10-12-17)21(24)19-8-5-14-22(19)20(23)13-15-26-18-6-3-2-4-7-18/h2-4,6-7,9-12,19H,5,8,13-15H2,1H3. The predicted molar refractivity (Wildman–Crippen MR) is 98.6 cm³/mol. The molecule has 1 saturated heterocycles. The van der Waals surface area contributed by atoms with E-state index in [9.17, 15) is 9.59 Å². The molecule has 0 aromatic heterocycles. The van der Waals surface area contributed by atoms with Gasteiger partial charge < -0.3 is 14.4 Å². The van der Waals surface area contributed by atoms with Crippen LogP contribution in [-0.2, 0) is 4.79 Å². The number of para-hydroxylation sites is 1. The van der Waals surface area contributed by atoms with E-state index in [-0.39, 0.29) is 24.2 Å². The maximum absolute atomic E-state index is 12.8. The first kappa shape index (κ1) is 18.0. The van der Waals surface area contributed by atoms with Gasteiger partial charge in [0.25, 0.3) is 0 Å². The van der Waals surface area contributed by atoms with Gasteiger partial charge in [0.15, 0.2) is 5.78 Å². The van der Waals surface area contributed by atoms with Crippen molar-refractivity contribution >= 4 is 11.7 Å². The fourth-order valence-electron chi connectivity index (χ4n) is 3.20. The van der Waals surface area contributed by atoms with Crippen LogP contribution in [0.5, 0.6) is 11.5 Å². The summed E-state index contributed by atoms with van der Waals surface area (Å²) in [5, 5.41) is 0. The number of Topliss-reactive ketones (excluding diaryl/α,β-unsaturated/α-hetero) is 1. The van der Waals surface area contributed by atoms with Gasteiger partial charge in [-0.25, -0.2) is 0 Å². The average Bonchev–Trinajstić information content (AvgIpc) is 3.18. The van der Waals surface area contributed by atoms with E-state index in [0.717, 1.165) is 12.2 Å². The second-order valence-corrected chi connectivity index (χ2v) is 6.25. The summed E-state index contributed by atoms with van der Waals surface area (Å²) in [6.45, 7) is 0.930. The number of likely N-dealkylation sites (tertiary alicyclic amines) is 1. The molecule has 5 nitrogen and oxygen atoms in total. The molecule has 2 aromatic carbocycles. The molecule has 0 radical (unpaired) electrons. The van der Waals surface area contributed by atoms with Crippen molar-refractivity contribution in [2.75, 3.05) is 20.3 Å². The Balaban J connectivity index is 1.57. The van der Waals surface area contributed by atoms with Crippen molar-refractivity contribution in [2.45, 2.75) is 25.3 Å². The molecule has 1 aliphatic heterocycles. The number of hydrogen-bond donors (Lipinski definition) is 0. The van der Waals surface area contributed by atoms with E-state index in [0.29, 0.717) is 30.9 Å². The van der Waals surface area contributed by atoms with Gasteiger partial charge in [0.2, 0.25) is 5.91 Å². The molecule has 0 N–H and O–H groups in total. The van der Waals surface area contributed by atoms with Gasteiger partial charge in [-0.2, -0.15) is 0 Å². The number of methoxy groups -OCH3 is 1. The highest BCUT2D eigenvalue weighted by molar-refractivity contribution is 6.02. The molecule has 1 amide bonds. The first-order chi connectivity index (χ1) is 12.7. The number of rotatable bonds is 7. The van der Waals surface area contributed by atoms with Crippen LogP contribution in [-0.4, -0.2) is 42.9 Å². The summed E-state index contributed by atoms with van der Waals surface area (Å²) in [7, 11) is 1.59. The lowest BCUT2D eigenvalue weighted by Crippen LogP contribution is -2.41. The normalized spacial score (nSPS) is 16.3. The Labute approximate surface area is 153 Å². The fourth-order valence-corrected chi connectivity index (χ4v) is 3.20. The lowest BCUT2D eigenvalue weighted by molar-refractivity contribution is -0.131. The van der Waals surface area contributed by atoms with Crippen LogP contribution < -0.4 is 9.47 Å². The van der Waals surface area contributed by atoms with Gasteiger partial charge in [0, 0.05) is 12.1 Å². The Kier molecular flexibility index (Phi) is 5.89. The summed E-state index contributed by atoms with van der Waals surface area (Å²) >= 11 is 0. The molecule has 1 heterocycles. The average molecular weight is 353 g/mol. The van der Waals surface area contributed by atoms with Crippen molar-refractivity contribution in [3.8, 4) is 11.5 Å². The Morgan fingerprint density at radius 3 is 2.46 bits per heavy atom. The van der Waals surface area contributed by atoms with E-state index < -0.39 is 0 Å². The summed E-state index contributed by atoms with van der Waals surface area (Å²) < 4.78 is 10.7. The third kappa shape index (κ3) is 4.23. The smallest absolute Gasteiger partial charge is 0.226 e. The summed E-state index contributed by atoms with van der Waals surface area (Å²) in [5.74, 6) is 1.40. The summed E-state index contributed by atoms with van der Waals surface area (Å²) in [6.07, 6.45) is 1.81. The predicted octanol–water partition coefficient (Wildman–Crippen LogP) is 3.34. The maximum atomic E-state index is 12.8. The van der Waals surface area contributed by atoms with E-state index in [2.05, 4.69) is 0 Å². The summed E-state index contributed by atoms with van der Waals surface area (Å²) in [5.41, 5.74) is 0.607. The van der Waals surface area contributed by atoms with Crippen LogP contribution in [0.15, 0.2) is 54.6 Å². The van der Waals surface area contributed by atoms with Gasteiger partial charge in [-0.15, -0.1) is 0 Å². The third-order valence-electron chi connectivity index (χ3n) is 4.58. The minimum absolute atomic E-state index is 0.0116. The van der Waals surface area contributed by atoms with E-state index in [1.807, 2.05) is 30.3 Å². The number of ether oxygens (including phenoxy) is 2. The van der Waals surface area contributed by atoms with Gasteiger partial charge in [0.1, 0.15) is 11.5 Å². The van der Waals surface area contributed by atoms with Crippen molar-refractivity contribution in [1.29, 1.82) is 0 Å². The molecule has 0 saturated carbocycles. The van der Waals surface area contributed by atoms with Crippen LogP contribution in [0, 0.1) is 0 Å². The molecule has 2 aromatic rings. The van der Waals surface area contributed by atoms with Crippen LogP contribution >= 0.6 is 0 Å². The first-order valence-electron chi connectivity index (χ1n) is 8.84. The molecule has 0 bridgehead atoms. The van der Waals surface area contributed by atoms with Crippen LogP contribution in [0.3, 0.4) is 0 Å².